The molecule has 4 heteroatoms. The van der Waals surface area contributed by atoms with E-state index in [2.05, 4.69) is 11.8 Å². The first kappa shape index (κ1) is 14.8. The summed E-state index contributed by atoms with van der Waals surface area (Å²) in [6.45, 7) is 7.59. The molecule has 0 saturated carbocycles. The molecule has 0 aliphatic carbocycles. The third-order valence-electron chi connectivity index (χ3n) is 3.61. The zero-order valence-electron chi connectivity index (χ0n) is 11.6. The fourth-order valence-corrected chi connectivity index (χ4v) is 2.64. The van der Waals surface area contributed by atoms with Crippen LogP contribution < -0.4 is 0 Å². The molecular weight excluding hydrogens is 262 g/mol. The van der Waals surface area contributed by atoms with Gasteiger partial charge in [0.15, 0.2) is 0 Å². The predicted molar refractivity (Wildman–Crippen MR) is 77.6 cm³/mol. The van der Waals surface area contributed by atoms with Crippen molar-refractivity contribution in [1.29, 1.82) is 0 Å². The summed E-state index contributed by atoms with van der Waals surface area (Å²) in [5.74, 6) is 0. The molecule has 1 fully saturated rings. The topological polar surface area (TPSA) is 32.7 Å². The number of nitrogens with zero attached hydrogens (tertiary/aromatic N) is 1. The molecule has 1 aromatic rings. The lowest BCUT2D eigenvalue weighted by atomic mass is 10.0. The molecule has 106 valence electrons. The lowest BCUT2D eigenvalue weighted by Gasteiger charge is -2.35. The molecule has 0 radical (unpaired) electrons. The number of hydrogen-bond acceptors (Lipinski definition) is 3. The van der Waals surface area contributed by atoms with Crippen molar-refractivity contribution in [3.05, 3.63) is 34.3 Å². The predicted octanol–water partition coefficient (Wildman–Crippen LogP) is 2.79. The zero-order valence-corrected chi connectivity index (χ0v) is 12.4. The summed E-state index contributed by atoms with van der Waals surface area (Å²) in [4.78, 5) is 2.34. The quantitative estimate of drug-likeness (QED) is 0.922. The Morgan fingerprint density at radius 2 is 2.32 bits per heavy atom. The molecule has 2 unspecified atom stereocenters. The number of ether oxygens (including phenoxy) is 1. The number of morpholine rings is 1. The van der Waals surface area contributed by atoms with Crippen molar-refractivity contribution in [1.82, 2.24) is 4.90 Å². The normalized spacial score (nSPS) is 22.4. The third kappa shape index (κ3) is 3.69. The van der Waals surface area contributed by atoms with Gasteiger partial charge in [-0.05, 0) is 37.1 Å². The van der Waals surface area contributed by atoms with Gasteiger partial charge in [-0.3, -0.25) is 4.90 Å². The number of hydrogen-bond donors (Lipinski definition) is 1. The molecule has 1 saturated heterocycles. The smallest absolute Gasteiger partial charge is 0.106 e. The van der Waals surface area contributed by atoms with Gasteiger partial charge in [0.2, 0.25) is 0 Å². The summed E-state index contributed by atoms with van der Waals surface area (Å²) in [5, 5.41) is 11.1. The SMILES string of the molecule is CCCN1CCOC(C(O)c2ccc(C)c(Cl)c2)C1. The number of halogens is 1. The van der Waals surface area contributed by atoms with Crippen LogP contribution in [-0.4, -0.2) is 42.4 Å². The monoisotopic (exact) mass is 283 g/mol. The van der Waals surface area contributed by atoms with Crippen LogP contribution in [0.25, 0.3) is 0 Å². The van der Waals surface area contributed by atoms with E-state index in [0.717, 1.165) is 37.2 Å². The first-order chi connectivity index (χ1) is 9.11. The van der Waals surface area contributed by atoms with E-state index in [4.69, 9.17) is 16.3 Å². The summed E-state index contributed by atoms with van der Waals surface area (Å²) < 4.78 is 5.71. The number of aliphatic hydroxyl groups excluding tert-OH is 1. The van der Waals surface area contributed by atoms with Crippen molar-refractivity contribution >= 4 is 11.6 Å². The third-order valence-corrected chi connectivity index (χ3v) is 4.01. The highest BCUT2D eigenvalue weighted by Gasteiger charge is 2.27. The van der Waals surface area contributed by atoms with Gasteiger partial charge in [0, 0.05) is 18.1 Å². The molecule has 1 heterocycles. The second kappa shape index (κ2) is 6.71. The van der Waals surface area contributed by atoms with Gasteiger partial charge in [0.1, 0.15) is 12.2 Å². The van der Waals surface area contributed by atoms with Crippen molar-refractivity contribution in [2.24, 2.45) is 0 Å². The first-order valence-corrected chi connectivity index (χ1v) is 7.27. The van der Waals surface area contributed by atoms with E-state index in [9.17, 15) is 5.11 Å². The van der Waals surface area contributed by atoms with Crippen LogP contribution in [0, 0.1) is 6.92 Å². The minimum absolute atomic E-state index is 0.168. The number of benzene rings is 1. The van der Waals surface area contributed by atoms with Gasteiger partial charge in [-0.2, -0.15) is 0 Å². The Kier molecular flexibility index (Phi) is 5.22. The molecule has 19 heavy (non-hydrogen) atoms. The molecule has 0 aromatic heterocycles. The van der Waals surface area contributed by atoms with Crippen molar-refractivity contribution in [2.45, 2.75) is 32.5 Å². The van der Waals surface area contributed by atoms with E-state index in [0.29, 0.717) is 11.6 Å². The second-order valence-electron chi connectivity index (χ2n) is 5.16. The van der Waals surface area contributed by atoms with Crippen LogP contribution in [0.1, 0.15) is 30.6 Å². The molecule has 0 amide bonds. The van der Waals surface area contributed by atoms with Crippen LogP contribution in [0.15, 0.2) is 18.2 Å². The van der Waals surface area contributed by atoms with Gasteiger partial charge < -0.3 is 9.84 Å². The number of aliphatic hydroxyl groups is 1. The second-order valence-corrected chi connectivity index (χ2v) is 5.57. The lowest BCUT2D eigenvalue weighted by Crippen LogP contribution is -2.45. The summed E-state index contributed by atoms with van der Waals surface area (Å²) in [6.07, 6.45) is 0.343. The Balaban J connectivity index is 2.05. The van der Waals surface area contributed by atoms with Crippen molar-refractivity contribution < 1.29 is 9.84 Å². The van der Waals surface area contributed by atoms with E-state index >= 15 is 0 Å². The van der Waals surface area contributed by atoms with E-state index < -0.39 is 6.10 Å². The summed E-state index contributed by atoms with van der Waals surface area (Å²) in [5.41, 5.74) is 1.86. The molecule has 3 nitrogen and oxygen atoms in total. The van der Waals surface area contributed by atoms with Crippen LogP contribution in [0.3, 0.4) is 0 Å². The molecule has 0 bridgehead atoms. The Bertz CT molecular complexity index is 423. The maximum absolute atomic E-state index is 10.4. The zero-order chi connectivity index (χ0) is 13.8. The number of rotatable bonds is 4. The van der Waals surface area contributed by atoms with E-state index in [-0.39, 0.29) is 6.10 Å². The highest BCUT2D eigenvalue weighted by atomic mass is 35.5. The molecule has 0 spiro atoms. The van der Waals surface area contributed by atoms with Gasteiger partial charge in [0.25, 0.3) is 0 Å². The maximum atomic E-state index is 10.4. The first-order valence-electron chi connectivity index (χ1n) is 6.90. The Hall–Kier alpha value is -0.610. The molecule has 1 N–H and O–H groups in total. The fourth-order valence-electron chi connectivity index (χ4n) is 2.45. The highest BCUT2D eigenvalue weighted by molar-refractivity contribution is 6.31. The Morgan fingerprint density at radius 1 is 1.53 bits per heavy atom. The van der Waals surface area contributed by atoms with Gasteiger partial charge >= 0.3 is 0 Å². The van der Waals surface area contributed by atoms with Gasteiger partial charge in [0.05, 0.1) is 6.61 Å². The van der Waals surface area contributed by atoms with Crippen LogP contribution in [0.5, 0.6) is 0 Å². The van der Waals surface area contributed by atoms with E-state index in [1.807, 2.05) is 25.1 Å². The molecule has 2 rings (SSSR count). The summed E-state index contributed by atoms with van der Waals surface area (Å²) in [6, 6.07) is 5.70. The van der Waals surface area contributed by atoms with Gasteiger partial charge in [-0.1, -0.05) is 30.7 Å². The molecule has 1 aliphatic rings. The molecule has 2 atom stereocenters. The molecular formula is C15H22ClNO2. The highest BCUT2D eigenvalue weighted by Crippen LogP contribution is 2.26. The van der Waals surface area contributed by atoms with Crippen molar-refractivity contribution in [2.75, 3.05) is 26.2 Å². The molecule has 1 aliphatic heterocycles. The van der Waals surface area contributed by atoms with Gasteiger partial charge in [-0.15, -0.1) is 0 Å². The largest absolute Gasteiger partial charge is 0.386 e. The minimum atomic E-state index is -0.613. The average molecular weight is 284 g/mol. The standard InChI is InChI=1S/C15H22ClNO2/c1-3-6-17-7-8-19-14(10-17)15(18)12-5-4-11(2)13(16)9-12/h4-5,9,14-15,18H,3,6-8,10H2,1-2H3. The fraction of sp³-hybridized carbons (Fsp3) is 0.600. The van der Waals surface area contributed by atoms with Crippen molar-refractivity contribution in [3.63, 3.8) is 0 Å². The summed E-state index contributed by atoms with van der Waals surface area (Å²) in [7, 11) is 0. The minimum Gasteiger partial charge on any atom is -0.386 e. The lowest BCUT2D eigenvalue weighted by molar-refractivity contribution is -0.0898. The Labute approximate surface area is 120 Å². The molecule has 1 aromatic carbocycles. The average Bonchev–Trinajstić information content (AvgIpc) is 2.42. The van der Waals surface area contributed by atoms with Gasteiger partial charge in [-0.25, -0.2) is 0 Å². The summed E-state index contributed by atoms with van der Waals surface area (Å²) >= 11 is 6.11. The Morgan fingerprint density at radius 3 is 3.00 bits per heavy atom. The maximum Gasteiger partial charge on any atom is 0.106 e. The van der Waals surface area contributed by atoms with E-state index in [1.165, 1.54) is 0 Å². The van der Waals surface area contributed by atoms with Crippen LogP contribution >= 0.6 is 11.6 Å². The van der Waals surface area contributed by atoms with Crippen LogP contribution in [0.4, 0.5) is 0 Å². The number of aryl methyl sites for hydroxylation is 1. The van der Waals surface area contributed by atoms with Crippen LogP contribution in [0.2, 0.25) is 5.02 Å². The van der Waals surface area contributed by atoms with Crippen LogP contribution in [-0.2, 0) is 4.74 Å². The van der Waals surface area contributed by atoms with E-state index in [1.54, 1.807) is 0 Å². The van der Waals surface area contributed by atoms with Crippen molar-refractivity contribution in [3.8, 4) is 0 Å².